The van der Waals surface area contributed by atoms with Gasteiger partial charge in [0.2, 0.25) is 5.78 Å². The van der Waals surface area contributed by atoms with Gasteiger partial charge in [0.15, 0.2) is 23.3 Å². The Balaban J connectivity index is 2.23. The van der Waals surface area contributed by atoms with Crippen LogP contribution < -0.4 is 5.56 Å². The topological polar surface area (TPSA) is 54.9 Å². The van der Waals surface area contributed by atoms with Crippen molar-refractivity contribution in [3.8, 4) is 5.69 Å². The second-order valence-corrected chi connectivity index (χ2v) is 5.56. The van der Waals surface area contributed by atoms with Crippen molar-refractivity contribution in [2.45, 2.75) is 6.92 Å². The Morgan fingerprint density at radius 3 is 1.93 bits per heavy atom. The van der Waals surface area contributed by atoms with Crippen molar-refractivity contribution >= 4 is 5.78 Å². The molecule has 0 spiro atoms. The molecule has 0 fully saturated rings. The lowest BCUT2D eigenvalue weighted by Crippen LogP contribution is -2.23. The predicted octanol–water partition coefficient (Wildman–Crippen LogP) is 3.54. The maximum absolute atomic E-state index is 13.9. The summed E-state index contributed by atoms with van der Waals surface area (Å²) in [7, 11) is 0. The quantitative estimate of drug-likeness (QED) is 0.425. The number of ketones is 1. The fourth-order valence-electron chi connectivity index (χ4n) is 2.56. The van der Waals surface area contributed by atoms with Gasteiger partial charge < -0.3 is 0 Å². The zero-order chi connectivity index (χ0) is 20.0. The molecule has 1 aromatic heterocycles. The molecule has 2 aromatic carbocycles. The molecule has 0 amide bonds. The number of hydrogen-bond acceptors (Lipinski definition) is 2. The maximum Gasteiger partial charge on any atom is 0.282 e. The van der Waals surface area contributed by atoms with Crippen molar-refractivity contribution in [2.24, 2.45) is 0 Å². The van der Waals surface area contributed by atoms with Crippen LogP contribution in [-0.2, 0) is 0 Å². The number of aromatic nitrogens is 2. The van der Waals surface area contributed by atoms with Gasteiger partial charge >= 0.3 is 0 Å². The van der Waals surface area contributed by atoms with E-state index < -0.39 is 63.1 Å². The Morgan fingerprint density at radius 2 is 1.41 bits per heavy atom. The number of nitrogens with one attached hydrogen (secondary N) is 1. The van der Waals surface area contributed by atoms with E-state index in [9.17, 15) is 35.9 Å². The van der Waals surface area contributed by atoms with Crippen molar-refractivity contribution in [3.63, 3.8) is 0 Å². The summed E-state index contributed by atoms with van der Waals surface area (Å²) >= 11 is 0. The first-order valence-corrected chi connectivity index (χ1v) is 7.27. The Labute approximate surface area is 146 Å². The van der Waals surface area contributed by atoms with Crippen molar-refractivity contribution in [2.75, 3.05) is 0 Å². The summed E-state index contributed by atoms with van der Waals surface area (Å²) in [5.41, 5.74) is -4.23. The molecule has 27 heavy (non-hydrogen) atoms. The van der Waals surface area contributed by atoms with Crippen LogP contribution in [0.15, 0.2) is 29.1 Å². The zero-order valence-electron chi connectivity index (χ0n) is 13.3. The number of aromatic amines is 1. The van der Waals surface area contributed by atoms with Gasteiger partial charge in [-0.05, 0) is 19.1 Å². The Kier molecular flexibility index (Phi) is 4.42. The molecule has 140 valence electrons. The van der Waals surface area contributed by atoms with Gasteiger partial charge in [-0.3, -0.25) is 14.7 Å². The molecule has 0 aliphatic carbocycles. The predicted molar refractivity (Wildman–Crippen MR) is 80.7 cm³/mol. The summed E-state index contributed by atoms with van der Waals surface area (Å²) in [4.78, 5) is 24.9. The van der Waals surface area contributed by atoms with E-state index in [-0.39, 0.29) is 16.4 Å². The Hall–Kier alpha value is -3.30. The summed E-state index contributed by atoms with van der Waals surface area (Å²) in [6, 6.07) is 1.77. The normalized spacial score (nSPS) is 11.1. The van der Waals surface area contributed by atoms with E-state index in [1.165, 1.54) is 0 Å². The number of benzene rings is 2. The largest absolute Gasteiger partial charge is 0.294 e. The number of halogens is 6. The standard InChI is InChI=1S/C17H8F6N2O2/c1-6-12(16(26)7-2-8(18)4-9(19)3-7)17(27)25(24-6)15-13(22)10(20)5-11(21)14(15)23/h2-5,24H,1H3. The van der Waals surface area contributed by atoms with Crippen LogP contribution in [0.5, 0.6) is 0 Å². The van der Waals surface area contributed by atoms with Crippen LogP contribution in [-0.4, -0.2) is 15.6 Å². The molecular formula is C17H8F6N2O2. The van der Waals surface area contributed by atoms with E-state index in [1.807, 2.05) is 0 Å². The van der Waals surface area contributed by atoms with Gasteiger partial charge in [-0.2, -0.15) is 0 Å². The molecule has 10 heteroatoms. The number of H-pyrrole nitrogens is 1. The molecule has 0 unspecified atom stereocenters. The van der Waals surface area contributed by atoms with Gasteiger partial charge in [0.25, 0.3) is 5.56 Å². The van der Waals surface area contributed by atoms with Gasteiger partial charge in [0.05, 0.1) is 0 Å². The fourth-order valence-corrected chi connectivity index (χ4v) is 2.56. The highest BCUT2D eigenvalue weighted by Crippen LogP contribution is 2.23. The average Bonchev–Trinajstić information content (AvgIpc) is 2.86. The van der Waals surface area contributed by atoms with Crippen LogP contribution in [0.25, 0.3) is 5.69 Å². The highest BCUT2D eigenvalue weighted by Gasteiger charge is 2.27. The number of nitrogens with zero attached hydrogens (tertiary/aromatic N) is 1. The second kappa shape index (κ2) is 6.45. The van der Waals surface area contributed by atoms with E-state index in [0.717, 1.165) is 6.92 Å². The number of aryl methyl sites for hydroxylation is 1. The minimum Gasteiger partial charge on any atom is -0.294 e. The van der Waals surface area contributed by atoms with Crippen LogP contribution >= 0.6 is 0 Å². The van der Waals surface area contributed by atoms with E-state index in [4.69, 9.17) is 0 Å². The number of hydrogen-bond donors (Lipinski definition) is 1. The average molecular weight is 386 g/mol. The fraction of sp³-hybridized carbons (Fsp3) is 0.0588. The zero-order valence-corrected chi connectivity index (χ0v) is 13.3. The van der Waals surface area contributed by atoms with Crippen LogP contribution in [0.3, 0.4) is 0 Å². The number of rotatable bonds is 3. The third-order valence-electron chi connectivity index (χ3n) is 3.74. The van der Waals surface area contributed by atoms with E-state index in [2.05, 4.69) is 5.10 Å². The molecule has 3 rings (SSSR count). The molecule has 0 bridgehead atoms. The Bertz CT molecular complexity index is 1100. The molecule has 0 saturated carbocycles. The lowest BCUT2D eigenvalue weighted by molar-refractivity contribution is 0.103. The van der Waals surface area contributed by atoms with Crippen LogP contribution in [0.1, 0.15) is 21.6 Å². The van der Waals surface area contributed by atoms with E-state index in [0.29, 0.717) is 18.2 Å². The van der Waals surface area contributed by atoms with Crippen LogP contribution in [0, 0.1) is 41.8 Å². The van der Waals surface area contributed by atoms with Gasteiger partial charge in [0, 0.05) is 23.4 Å². The molecular weight excluding hydrogens is 378 g/mol. The van der Waals surface area contributed by atoms with Crippen molar-refractivity contribution in [3.05, 3.63) is 86.3 Å². The van der Waals surface area contributed by atoms with E-state index >= 15 is 0 Å². The minimum atomic E-state index is -1.87. The van der Waals surface area contributed by atoms with Crippen LogP contribution in [0.2, 0.25) is 0 Å². The SMILES string of the molecule is Cc1[nH]n(-c2c(F)c(F)cc(F)c2F)c(=O)c1C(=O)c1cc(F)cc(F)c1. The lowest BCUT2D eigenvalue weighted by atomic mass is 10.0. The molecule has 0 atom stereocenters. The third kappa shape index (κ3) is 3.03. The summed E-state index contributed by atoms with van der Waals surface area (Å²) in [6.45, 7) is 1.16. The smallest absolute Gasteiger partial charge is 0.282 e. The molecule has 0 aliphatic heterocycles. The molecule has 3 aromatic rings. The number of carbonyl (C=O) groups excluding carboxylic acids is 1. The van der Waals surface area contributed by atoms with Gasteiger partial charge in [0.1, 0.15) is 22.9 Å². The molecule has 1 N–H and O–H groups in total. The van der Waals surface area contributed by atoms with Crippen molar-refractivity contribution < 1.29 is 31.1 Å². The molecule has 0 radical (unpaired) electrons. The van der Waals surface area contributed by atoms with Crippen molar-refractivity contribution in [1.29, 1.82) is 0 Å². The first-order chi connectivity index (χ1) is 12.6. The molecule has 0 saturated heterocycles. The molecule has 4 nitrogen and oxygen atoms in total. The van der Waals surface area contributed by atoms with Gasteiger partial charge in [-0.25, -0.2) is 31.0 Å². The number of carbonyl (C=O) groups is 1. The van der Waals surface area contributed by atoms with Crippen LogP contribution in [0.4, 0.5) is 26.3 Å². The third-order valence-corrected chi connectivity index (χ3v) is 3.74. The Morgan fingerprint density at radius 1 is 0.889 bits per heavy atom. The summed E-state index contributed by atoms with van der Waals surface area (Å²) < 4.78 is 81.4. The highest BCUT2D eigenvalue weighted by atomic mass is 19.2. The lowest BCUT2D eigenvalue weighted by Gasteiger charge is -2.06. The summed E-state index contributed by atoms with van der Waals surface area (Å²) in [5, 5.41) is 2.13. The first-order valence-electron chi connectivity index (χ1n) is 7.27. The summed E-state index contributed by atoms with van der Waals surface area (Å²) in [5.74, 6) is -10.6. The maximum atomic E-state index is 13.9. The second-order valence-electron chi connectivity index (χ2n) is 5.56. The first kappa shape index (κ1) is 18.5. The molecule has 1 heterocycles. The monoisotopic (exact) mass is 386 g/mol. The minimum absolute atomic E-state index is 0.0451. The molecule has 0 aliphatic rings. The van der Waals surface area contributed by atoms with Gasteiger partial charge in [-0.1, -0.05) is 0 Å². The summed E-state index contributed by atoms with van der Waals surface area (Å²) in [6.07, 6.45) is 0. The van der Waals surface area contributed by atoms with Gasteiger partial charge in [-0.15, -0.1) is 0 Å². The highest BCUT2D eigenvalue weighted by molar-refractivity contribution is 6.09. The van der Waals surface area contributed by atoms with Crippen molar-refractivity contribution in [1.82, 2.24) is 9.78 Å². The van der Waals surface area contributed by atoms with E-state index in [1.54, 1.807) is 0 Å².